The Balaban J connectivity index is 2.64. The fourth-order valence-corrected chi connectivity index (χ4v) is 1.48. The summed E-state index contributed by atoms with van der Waals surface area (Å²) in [5, 5.41) is 8.81. The van der Waals surface area contributed by atoms with Crippen LogP contribution in [0.25, 0.3) is 0 Å². The van der Waals surface area contributed by atoms with Crippen molar-refractivity contribution in [3.8, 4) is 0 Å². The molecule has 1 N–H and O–H groups in total. The minimum atomic E-state index is -1.07. The summed E-state index contributed by atoms with van der Waals surface area (Å²) in [6, 6.07) is -1.33. The topological polar surface area (TPSA) is 81.2 Å². The van der Waals surface area contributed by atoms with E-state index in [9.17, 15) is 14.4 Å². The zero-order valence-corrected chi connectivity index (χ0v) is 10.2. The van der Waals surface area contributed by atoms with E-state index in [0.29, 0.717) is 13.1 Å². The van der Waals surface area contributed by atoms with E-state index in [1.54, 1.807) is 11.9 Å². The predicted molar refractivity (Wildman–Crippen MR) is 59.5 cm³/mol. The highest BCUT2D eigenvalue weighted by Crippen LogP contribution is 2.07. The third-order valence-corrected chi connectivity index (χ3v) is 2.97. The second-order valence-corrected chi connectivity index (χ2v) is 4.14. The Bertz CT molecular complexity index is 344. The van der Waals surface area contributed by atoms with Crippen LogP contribution in [-0.4, -0.2) is 77.5 Å². The minimum Gasteiger partial charge on any atom is -0.480 e. The van der Waals surface area contributed by atoms with Crippen LogP contribution in [0.5, 0.6) is 0 Å². The summed E-state index contributed by atoms with van der Waals surface area (Å²) in [6.45, 7) is 2.34. The highest BCUT2D eigenvalue weighted by atomic mass is 16.4. The SMILES string of the molecule is CC(C(=O)O)N(C)C(=O)N1CCN(C)C(=O)C1. The zero-order chi connectivity index (χ0) is 13.2. The predicted octanol–water partition coefficient (Wildman–Crippen LogP) is -0.715. The van der Waals surface area contributed by atoms with Crippen LogP contribution in [0.4, 0.5) is 4.79 Å². The molecule has 1 aliphatic heterocycles. The van der Waals surface area contributed by atoms with E-state index in [1.807, 2.05) is 0 Å². The van der Waals surface area contributed by atoms with E-state index >= 15 is 0 Å². The standard InChI is InChI=1S/C10H17N3O4/c1-7(9(15)16)12(3)10(17)13-5-4-11(2)8(14)6-13/h7H,4-6H2,1-3H3,(H,15,16). The lowest BCUT2D eigenvalue weighted by Gasteiger charge is -2.35. The molecule has 1 saturated heterocycles. The van der Waals surface area contributed by atoms with Crippen LogP contribution in [0, 0.1) is 0 Å². The monoisotopic (exact) mass is 243 g/mol. The Morgan fingerprint density at radius 2 is 2.00 bits per heavy atom. The van der Waals surface area contributed by atoms with E-state index in [-0.39, 0.29) is 12.5 Å². The first-order valence-corrected chi connectivity index (χ1v) is 5.33. The molecular weight excluding hydrogens is 226 g/mol. The summed E-state index contributed by atoms with van der Waals surface area (Å²) in [6.07, 6.45) is 0. The number of rotatable bonds is 2. The molecule has 0 saturated carbocycles. The van der Waals surface area contributed by atoms with E-state index < -0.39 is 18.0 Å². The lowest BCUT2D eigenvalue weighted by atomic mass is 10.3. The van der Waals surface area contributed by atoms with Gasteiger partial charge in [0.1, 0.15) is 12.6 Å². The number of likely N-dealkylation sites (N-methyl/N-ethyl adjacent to an activating group) is 2. The molecule has 96 valence electrons. The van der Waals surface area contributed by atoms with Crippen molar-refractivity contribution < 1.29 is 19.5 Å². The van der Waals surface area contributed by atoms with Crippen LogP contribution in [0.2, 0.25) is 0 Å². The van der Waals surface area contributed by atoms with Crippen molar-refractivity contribution in [1.29, 1.82) is 0 Å². The number of urea groups is 1. The Morgan fingerprint density at radius 1 is 1.41 bits per heavy atom. The summed E-state index contributed by atoms with van der Waals surface area (Å²) in [5.41, 5.74) is 0. The van der Waals surface area contributed by atoms with Crippen molar-refractivity contribution in [2.75, 3.05) is 33.7 Å². The average molecular weight is 243 g/mol. The Morgan fingerprint density at radius 3 is 2.47 bits per heavy atom. The highest BCUT2D eigenvalue weighted by Gasteiger charge is 2.30. The number of aliphatic carboxylic acids is 1. The number of carboxylic acid groups (broad SMARTS) is 1. The van der Waals surface area contributed by atoms with Crippen molar-refractivity contribution in [1.82, 2.24) is 14.7 Å². The van der Waals surface area contributed by atoms with Gasteiger partial charge in [-0.05, 0) is 6.92 Å². The third kappa shape index (κ3) is 2.86. The van der Waals surface area contributed by atoms with Gasteiger partial charge in [-0.3, -0.25) is 4.79 Å². The molecule has 0 aromatic heterocycles. The van der Waals surface area contributed by atoms with Gasteiger partial charge in [-0.15, -0.1) is 0 Å². The van der Waals surface area contributed by atoms with Crippen LogP contribution >= 0.6 is 0 Å². The molecule has 3 amide bonds. The quantitative estimate of drug-likeness (QED) is 0.694. The maximum Gasteiger partial charge on any atom is 0.326 e. The number of carbonyl (C=O) groups excluding carboxylic acids is 2. The summed E-state index contributed by atoms with van der Waals surface area (Å²) < 4.78 is 0. The zero-order valence-electron chi connectivity index (χ0n) is 10.2. The number of hydrogen-bond acceptors (Lipinski definition) is 3. The normalized spacial score (nSPS) is 17.9. The Labute approximate surface area is 99.6 Å². The summed E-state index contributed by atoms with van der Waals surface area (Å²) in [7, 11) is 3.09. The molecule has 1 fully saturated rings. The smallest absolute Gasteiger partial charge is 0.326 e. The summed E-state index contributed by atoms with van der Waals surface area (Å²) in [4.78, 5) is 38.1. The van der Waals surface area contributed by atoms with E-state index in [2.05, 4.69) is 0 Å². The van der Waals surface area contributed by atoms with Crippen molar-refractivity contribution in [3.63, 3.8) is 0 Å². The molecule has 0 bridgehead atoms. The largest absolute Gasteiger partial charge is 0.480 e. The van der Waals surface area contributed by atoms with Crippen LogP contribution in [-0.2, 0) is 9.59 Å². The first-order valence-electron chi connectivity index (χ1n) is 5.33. The van der Waals surface area contributed by atoms with Crippen LogP contribution in [0.1, 0.15) is 6.92 Å². The van der Waals surface area contributed by atoms with Gasteiger partial charge in [0.15, 0.2) is 0 Å². The van der Waals surface area contributed by atoms with E-state index in [4.69, 9.17) is 5.11 Å². The molecule has 0 radical (unpaired) electrons. The van der Waals surface area contributed by atoms with Crippen LogP contribution < -0.4 is 0 Å². The van der Waals surface area contributed by atoms with Gasteiger partial charge < -0.3 is 19.8 Å². The number of carbonyl (C=O) groups is 3. The lowest BCUT2D eigenvalue weighted by molar-refractivity contribution is -0.141. The third-order valence-electron chi connectivity index (χ3n) is 2.97. The molecule has 7 heteroatoms. The fraction of sp³-hybridized carbons (Fsp3) is 0.700. The van der Waals surface area contributed by atoms with Crippen molar-refractivity contribution >= 4 is 17.9 Å². The Hall–Kier alpha value is -1.79. The number of carboxylic acids is 1. The van der Waals surface area contributed by atoms with Gasteiger partial charge in [0, 0.05) is 27.2 Å². The molecule has 0 aliphatic carbocycles. The van der Waals surface area contributed by atoms with Gasteiger partial charge in [0.05, 0.1) is 0 Å². The first kappa shape index (κ1) is 13.3. The van der Waals surface area contributed by atoms with Crippen LogP contribution in [0.15, 0.2) is 0 Å². The van der Waals surface area contributed by atoms with Gasteiger partial charge in [-0.25, -0.2) is 9.59 Å². The van der Waals surface area contributed by atoms with Gasteiger partial charge in [0.25, 0.3) is 0 Å². The number of nitrogens with zero attached hydrogens (tertiary/aromatic N) is 3. The molecule has 1 aliphatic rings. The minimum absolute atomic E-state index is 0.00596. The maximum atomic E-state index is 11.9. The maximum absolute atomic E-state index is 11.9. The second-order valence-electron chi connectivity index (χ2n) is 4.14. The van der Waals surface area contributed by atoms with E-state index in [0.717, 1.165) is 4.90 Å². The molecule has 0 spiro atoms. The molecule has 17 heavy (non-hydrogen) atoms. The molecule has 7 nitrogen and oxygen atoms in total. The van der Waals surface area contributed by atoms with Gasteiger partial charge >= 0.3 is 12.0 Å². The van der Waals surface area contributed by atoms with Crippen molar-refractivity contribution in [2.24, 2.45) is 0 Å². The van der Waals surface area contributed by atoms with E-state index in [1.165, 1.54) is 18.9 Å². The van der Waals surface area contributed by atoms with Crippen LogP contribution in [0.3, 0.4) is 0 Å². The first-order chi connectivity index (χ1) is 7.84. The number of piperazine rings is 1. The summed E-state index contributed by atoms with van der Waals surface area (Å²) in [5.74, 6) is -1.21. The Kier molecular flexibility index (Phi) is 3.93. The molecule has 1 unspecified atom stereocenters. The molecule has 1 rings (SSSR count). The number of hydrogen-bond donors (Lipinski definition) is 1. The molecule has 0 aromatic rings. The second kappa shape index (κ2) is 5.03. The number of amides is 3. The molecule has 0 aromatic carbocycles. The highest BCUT2D eigenvalue weighted by molar-refractivity contribution is 5.87. The summed E-state index contributed by atoms with van der Waals surface area (Å²) >= 11 is 0. The lowest BCUT2D eigenvalue weighted by Crippen LogP contribution is -2.55. The van der Waals surface area contributed by atoms with Crippen molar-refractivity contribution in [3.05, 3.63) is 0 Å². The van der Waals surface area contributed by atoms with Gasteiger partial charge in [-0.2, -0.15) is 0 Å². The fourth-order valence-electron chi connectivity index (χ4n) is 1.48. The van der Waals surface area contributed by atoms with Gasteiger partial charge in [0.2, 0.25) is 5.91 Å². The van der Waals surface area contributed by atoms with Gasteiger partial charge in [-0.1, -0.05) is 0 Å². The van der Waals surface area contributed by atoms with Crippen molar-refractivity contribution in [2.45, 2.75) is 13.0 Å². The molecule has 1 heterocycles. The average Bonchev–Trinajstić information content (AvgIpc) is 2.29. The molecule has 1 atom stereocenters. The molecular formula is C10H17N3O4.